The van der Waals surface area contributed by atoms with Gasteiger partial charge in [0, 0.05) is 18.3 Å². The van der Waals surface area contributed by atoms with Crippen LogP contribution in [0.4, 0.5) is 13.2 Å². The Morgan fingerprint density at radius 3 is 2.59 bits per heavy atom. The van der Waals surface area contributed by atoms with Gasteiger partial charge in [-0.05, 0) is 25.0 Å². The summed E-state index contributed by atoms with van der Waals surface area (Å²) in [6.45, 7) is 0. The number of aryl methyl sites for hydroxylation is 1. The summed E-state index contributed by atoms with van der Waals surface area (Å²) in [7, 11) is 0. The van der Waals surface area contributed by atoms with Gasteiger partial charge in [0.2, 0.25) is 0 Å². The van der Waals surface area contributed by atoms with Gasteiger partial charge in [0.1, 0.15) is 0 Å². The molecule has 0 aliphatic carbocycles. The lowest BCUT2D eigenvalue weighted by molar-refractivity contribution is -0.201. The monoisotopic (exact) mass is 249 g/mol. The number of carbonyl (C=O) groups excluding carboxylic acids is 2. The predicted octanol–water partition coefficient (Wildman–Crippen LogP) is 1.97. The van der Waals surface area contributed by atoms with E-state index in [1.807, 2.05) is 0 Å². The van der Waals surface area contributed by atoms with Gasteiger partial charge in [0.25, 0.3) is 0 Å². The molecule has 1 aromatic heterocycles. The second kappa shape index (κ2) is 5.51. The van der Waals surface area contributed by atoms with Crippen molar-refractivity contribution in [1.82, 2.24) is 4.98 Å². The molecule has 0 saturated heterocycles. The molecule has 0 radical (unpaired) electrons. The van der Waals surface area contributed by atoms with Gasteiger partial charge in [-0.15, -0.1) is 0 Å². The molecule has 1 N–H and O–H groups in total. The number of H-pyrrole nitrogens is 1. The topological polar surface area (TPSA) is 59.2 Å². The molecule has 0 fully saturated rings. The molecule has 4 nitrogen and oxygen atoms in total. The van der Waals surface area contributed by atoms with Crippen LogP contribution in [-0.2, 0) is 20.7 Å². The molecule has 1 rings (SSSR count). The van der Waals surface area contributed by atoms with Crippen LogP contribution in [0.5, 0.6) is 0 Å². The fourth-order valence-electron chi connectivity index (χ4n) is 1.16. The Morgan fingerprint density at radius 2 is 2.06 bits per heavy atom. The van der Waals surface area contributed by atoms with E-state index in [1.54, 1.807) is 18.3 Å². The van der Waals surface area contributed by atoms with Crippen molar-refractivity contribution in [3.05, 3.63) is 24.0 Å². The molecule has 17 heavy (non-hydrogen) atoms. The number of hydrogen-bond acceptors (Lipinski definition) is 3. The predicted molar refractivity (Wildman–Crippen MR) is 50.9 cm³/mol. The van der Waals surface area contributed by atoms with E-state index in [0.29, 0.717) is 12.8 Å². The third-order valence-corrected chi connectivity index (χ3v) is 1.93. The number of aromatic nitrogens is 1. The second-order valence-electron chi connectivity index (χ2n) is 3.31. The van der Waals surface area contributed by atoms with Crippen molar-refractivity contribution in [1.29, 1.82) is 0 Å². The van der Waals surface area contributed by atoms with Crippen LogP contribution in [0.15, 0.2) is 18.3 Å². The lowest BCUT2D eigenvalue weighted by Gasteiger charge is -2.05. The van der Waals surface area contributed by atoms with E-state index in [2.05, 4.69) is 9.72 Å². The van der Waals surface area contributed by atoms with Crippen molar-refractivity contribution in [3.63, 3.8) is 0 Å². The van der Waals surface area contributed by atoms with Gasteiger partial charge < -0.3 is 9.72 Å². The smallest absolute Gasteiger partial charge is 0.386 e. The number of ether oxygens (including phenoxy) is 1. The molecular formula is C10H10F3NO3. The lowest BCUT2D eigenvalue weighted by atomic mass is 10.2. The first kappa shape index (κ1) is 13.3. The molecule has 94 valence electrons. The van der Waals surface area contributed by atoms with Crippen LogP contribution in [0.2, 0.25) is 0 Å². The molecule has 0 amide bonds. The van der Waals surface area contributed by atoms with Crippen LogP contribution >= 0.6 is 0 Å². The summed E-state index contributed by atoms with van der Waals surface area (Å²) in [5, 5.41) is 0. The van der Waals surface area contributed by atoms with Gasteiger partial charge in [-0.3, -0.25) is 4.79 Å². The number of carbonyl (C=O) groups is 2. The lowest BCUT2D eigenvalue weighted by Crippen LogP contribution is -2.27. The van der Waals surface area contributed by atoms with E-state index in [-0.39, 0.29) is 6.42 Å². The zero-order valence-corrected chi connectivity index (χ0v) is 8.71. The highest BCUT2D eigenvalue weighted by Gasteiger charge is 2.42. The molecule has 0 aromatic carbocycles. The summed E-state index contributed by atoms with van der Waals surface area (Å²) in [6, 6.07) is 3.55. The Balaban J connectivity index is 2.24. The molecule has 0 bridgehead atoms. The number of halogens is 3. The molecule has 0 atom stereocenters. The van der Waals surface area contributed by atoms with Crippen LogP contribution in [-0.4, -0.2) is 23.1 Å². The molecule has 1 aromatic rings. The van der Waals surface area contributed by atoms with Crippen molar-refractivity contribution in [2.75, 3.05) is 0 Å². The molecule has 0 saturated carbocycles. The van der Waals surface area contributed by atoms with E-state index >= 15 is 0 Å². The minimum atomic E-state index is -5.13. The molecule has 0 aliphatic rings. The summed E-state index contributed by atoms with van der Waals surface area (Å²) < 4.78 is 38.8. The SMILES string of the molecule is O=C(CCCc1ccc[nH]1)OC(=O)C(F)(F)F. The van der Waals surface area contributed by atoms with Gasteiger partial charge in [0.05, 0.1) is 0 Å². The van der Waals surface area contributed by atoms with E-state index in [1.165, 1.54) is 0 Å². The Bertz CT molecular complexity index is 384. The largest absolute Gasteiger partial charge is 0.491 e. The summed E-state index contributed by atoms with van der Waals surface area (Å²) in [5.74, 6) is -3.64. The van der Waals surface area contributed by atoms with Gasteiger partial charge in [-0.25, -0.2) is 4.79 Å². The summed E-state index contributed by atoms with van der Waals surface area (Å²) in [6.07, 6.45) is -2.86. The maximum absolute atomic E-state index is 11.7. The Morgan fingerprint density at radius 1 is 1.35 bits per heavy atom. The first-order chi connectivity index (χ1) is 7.89. The second-order valence-corrected chi connectivity index (χ2v) is 3.31. The van der Waals surface area contributed by atoms with E-state index < -0.39 is 18.1 Å². The van der Waals surface area contributed by atoms with Gasteiger partial charge >= 0.3 is 18.1 Å². The molecule has 7 heteroatoms. The quantitative estimate of drug-likeness (QED) is 0.655. The number of aromatic amines is 1. The average Bonchev–Trinajstić information content (AvgIpc) is 2.69. The third kappa shape index (κ3) is 4.71. The Kier molecular flexibility index (Phi) is 4.30. The van der Waals surface area contributed by atoms with Crippen molar-refractivity contribution >= 4 is 11.9 Å². The van der Waals surface area contributed by atoms with Crippen molar-refractivity contribution in [2.45, 2.75) is 25.4 Å². The maximum atomic E-state index is 11.7. The standard InChI is InChI=1S/C10H10F3NO3/c11-10(12,13)9(16)17-8(15)5-1-3-7-4-2-6-14-7/h2,4,6,14H,1,3,5H2. The summed E-state index contributed by atoms with van der Waals surface area (Å²) in [4.78, 5) is 24.0. The first-order valence-corrected chi connectivity index (χ1v) is 4.83. The van der Waals surface area contributed by atoms with Crippen molar-refractivity contribution in [2.24, 2.45) is 0 Å². The summed E-state index contributed by atoms with van der Waals surface area (Å²) >= 11 is 0. The van der Waals surface area contributed by atoms with Crippen LogP contribution in [0.3, 0.4) is 0 Å². The van der Waals surface area contributed by atoms with Crippen LogP contribution in [0, 0.1) is 0 Å². The third-order valence-electron chi connectivity index (χ3n) is 1.93. The van der Waals surface area contributed by atoms with Crippen molar-refractivity contribution in [3.8, 4) is 0 Å². The molecule has 1 heterocycles. The number of hydrogen-bond donors (Lipinski definition) is 1. The Hall–Kier alpha value is -1.79. The van der Waals surface area contributed by atoms with E-state index in [9.17, 15) is 22.8 Å². The van der Waals surface area contributed by atoms with Crippen molar-refractivity contribution < 1.29 is 27.5 Å². The van der Waals surface area contributed by atoms with Gasteiger partial charge in [0.15, 0.2) is 0 Å². The van der Waals surface area contributed by atoms with Gasteiger partial charge in [-0.1, -0.05) is 0 Å². The highest BCUT2D eigenvalue weighted by molar-refractivity contribution is 5.88. The van der Waals surface area contributed by atoms with E-state index in [4.69, 9.17) is 0 Å². The number of esters is 2. The highest BCUT2D eigenvalue weighted by atomic mass is 19.4. The fourth-order valence-corrected chi connectivity index (χ4v) is 1.16. The fraction of sp³-hybridized carbons (Fsp3) is 0.400. The molecule has 0 unspecified atom stereocenters. The maximum Gasteiger partial charge on any atom is 0.491 e. The zero-order chi connectivity index (χ0) is 12.9. The minimum absolute atomic E-state index is 0.235. The normalized spacial score (nSPS) is 11.2. The minimum Gasteiger partial charge on any atom is -0.386 e. The average molecular weight is 249 g/mol. The number of rotatable bonds is 4. The van der Waals surface area contributed by atoms with E-state index in [0.717, 1.165) is 5.69 Å². The molecular weight excluding hydrogens is 239 g/mol. The van der Waals surface area contributed by atoms with Crippen LogP contribution in [0.25, 0.3) is 0 Å². The zero-order valence-electron chi connectivity index (χ0n) is 8.71. The highest BCUT2D eigenvalue weighted by Crippen LogP contribution is 2.17. The number of alkyl halides is 3. The Labute approximate surface area is 94.8 Å². The van der Waals surface area contributed by atoms with Gasteiger partial charge in [-0.2, -0.15) is 13.2 Å². The molecule has 0 aliphatic heterocycles. The van der Waals surface area contributed by atoms with Crippen LogP contribution in [0.1, 0.15) is 18.5 Å². The number of nitrogens with one attached hydrogen (secondary N) is 1. The first-order valence-electron chi connectivity index (χ1n) is 4.83. The molecule has 0 spiro atoms. The van der Waals surface area contributed by atoms with Crippen LogP contribution < -0.4 is 0 Å². The summed E-state index contributed by atoms with van der Waals surface area (Å²) in [5.41, 5.74) is 0.861.